The number of halogens is 2. The lowest BCUT2D eigenvalue weighted by Crippen LogP contribution is -2.56. The van der Waals surface area contributed by atoms with Crippen LogP contribution in [0.3, 0.4) is 0 Å². The van der Waals surface area contributed by atoms with Crippen molar-refractivity contribution in [3.63, 3.8) is 0 Å². The third kappa shape index (κ3) is 5.41. The van der Waals surface area contributed by atoms with Gasteiger partial charge in [-0.15, -0.1) is 0 Å². The van der Waals surface area contributed by atoms with Crippen LogP contribution >= 0.6 is 11.3 Å². The molecule has 1 aliphatic carbocycles. The van der Waals surface area contributed by atoms with Crippen molar-refractivity contribution in [2.24, 2.45) is 0 Å². The zero-order valence-corrected chi connectivity index (χ0v) is 18.8. The number of aryl methyl sites for hydroxylation is 1. The van der Waals surface area contributed by atoms with Gasteiger partial charge in [-0.1, -0.05) is 11.3 Å². The van der Waals surface area contributed by atoms with E-state index in [-0.39, 0.29) is 37.2 Å². The molecule has 2 fully saturated rings. The number of nitrogens with one attached hydrogen (secondary N) is 1. The molecule has 1 saturated heterocycles. The molecule has 3 heterocycles. The summed E-state index contributed by atoms with van der Waals surface area (Å²) in [6.45, 7) is 5.30. The molecule has 170 valence electrons. The summed E-state index contributed by atoms with van der Waals surface area (Å²) in [7, 11) is 0. The molecule has 10 heteroatoms. The second-order valence-corrected chi connectivity index (χ2v) is 9.55. The van der Waals surface area contributed by atoms with E-state index < -0.39 is 5.92 Å². The molecule has 0 unspecified atom stereocenters. The fourth-order valence-electron chi connectivity index (χ4n) is 4.02. The smallest absolute Gasteiger partial charge is 0.282 e. The highest BCUT2D eigenvalue weighted by Crippen LogP contribution is 2.37. The van der Waals surface area contributed by atoms with Crippen LogP contribution in [-0.4, -0.2) is 59.7 Å². The Morgan fingerprint density at radius 2 is 1.97 bits per heavy atom. The van der Waals surface area contributed by atoms with E-state index in [9.17, 15) is 13.6 Å². The van der Waals surface area contributed by atoms with E-state index in [1.54, 1.807) is 4.90 Å². The first-order chi connectivity index (χ1) is 14.7. The van der Waals surface area contributed by atoms with E-state index in [1.807, 2.05) is 19.9 Å². The van der Waals surface area contributed by atoms with Gasteiger partial charge in [-0.2, -0.15) is 0 Å². The van der Waals surface area contributed by atoms with Crippen LogP contribution < -0.4 is 15.0 Å². The first-order valence-electron chi connectivity index (χ1n) is 10.6. The molecule has 2 aromatic heterocycles. The molecular formula is C21H28F2N4O3S. The van der Waals surface area contributed by atoms with Crippen molar-refractivity contribution in [1.29, 1.82) is 0 Å². The minimum atomic E-state index is -2.63. The van der Waals surface area contributed by atoms with Crippen molar-refractivity contribution in [2.45, 2.75) is 70.6 Å². The maximum absolute atomic E-state index is 13.2. The molecule has 0 radical (unpaired) electrons. The van der Waals surface area contributed by atoms with Gasteiger partial charge in [0.2, 0.25) is 11.8 Å². The lowest BCUT2D eigenvalue weighted by Gasteiger charge is -2.38. The Morgan fingerprint density at radius 3 is 2.61 bits per heavy atom. The first-order valence-corrected chi connectivity index (χ1v) is 11.5. The number of aromatic nitrogens is 2. The third-order valence-corrected chi connectivity index (χ3v) is 6.59. The van der Waals surface area contributed by atoms with Crippen molar-refractivity contribution < 1.29 is 23.0 Å². The Balaban J connectivity index is 1.31. The molecule has 31 heavy (non-hydrogen) atoms. The minimum Gasteiger partial charge on any atom is -0.474 e. The summed E-state index contributed by atoms with van der Waals surface area (Å²) >= 11 is 1.33. The van der Waals surface area contributed by atoms with Crippen molar-refractivity contribution >= 4 is 32.7 Å². The van der Waals surface area contributed by atoms with Gasteiger partial charge >= 0.3 is 0 Å². The predicted molar refractivity (Wildman–Crippen MR) is 115 cm³/mol. The van der Waals surface area contributed by atoms with Gasteiger partial charge < -0.3 is 19.7 Å². The molecule has 0 spiro atoms. The van der Waals surface area contributed by atoms with Crippen molar-refractivity contribution in [1.82, 2.24) is 15.3 Å². The van der Waals surface area contributed by atoms with E-state index in [2.05, 4.69) is 15.3 Å². The van der Waals surface area contributed by atoms with Crippen molar-refractivity contribution in [3.05, 3.63) is 11.6 Å². The summed E-state index contributed by atoms with van der Waals surface area (Å²) in [4.78, 5) is 22.5. The van der Waals surface area contributed by atoms with E-state index >= 15 is 0 Å². The van der Waals surface area contributed by atoms with Crippen LogP contribution in [-0.2, 0) is 9.53 Å². The zero-order chi connectivity index (χ0) is 22.2. The highest BCUT2D eigenvalue weighted by atomic mass is 32.1. The topological polar surface area (TPSA) is 76.6 Å². The highest BCUT2D eigenvalue weighted by molar-refractivity contribution is 7.21. The second kappa shape index (κ2) is 8.82. The molecule has 0 aromatic carbocycles. The summed E-state index contributed by atoms with van der Waals surface area (Å²) in [5.41, 5.74) is 1.67. The van der Waals surface area contributed by atoms with Crippen LogP contribution in [0.4, 0.5) is 13.9 Å². The second-order valence-electron chi connectivity index (χ2n) is 8.59. The molecule has 1 amide bonds. The third-order valence-electron chi connectivity index (χ3n) is 5.58. The number of alkyl halides is 2. The Bertz CT molecular complexity index is 938. The predicted octanol–water partition coefficient (Wildman–Crippen LogP) is 3.69. The standard InChI is InChI=1S/C21H28F2N4O3S/c1-12-8-17(25-19-18(12)26-20(31-19)27-10-21(22,23)11-27)30-16-6-4-15(5-7-16)29-9-13(2)24-14(3)28/h8,13,15-16H,4-7,9-11H2,1-3H3,(H,24,28)/t13-,15?,16?/m0/s1. The first kappa shape index (κ1) is 22.1. The molecule has 1 atom stereocenters. The number of rotatable bonds is 7. The molecule has 2 aliphatic rings. The Morgan fingerprint density at radius 1 is 1.29 bits per heavy atom. The Kier molecular flexibility index (Phi) is 6.30. The van der Waals surface area contributed by atoms with Crippen LogP contribution in [0.15, 0.2) is 6.07 Å². The molecule has 1 saturated carbocycles. The molecule has 1 aliphatic heterocycles. The molecule has 1 N–H and O–H groups in total. The van der Waals surface area contributed by atoms with Crippen LogP contribution in [0.2, 0.25) is 0 Å². The normalized spacial score (nSPS) is 24.0. The van der Waals surface area contributed by atoms with Gasteiger partial charge in [0.05, 0.1) is 25.8 Å². The van der Waals surface area contributed by atoms with Crippen LogP contribution in [0.25, 0.3) is 10.3 Å². The number of amides is 1. The van der Waals surface area contributed by atoms with Gasteiger partial charge in [-0.3, -0.25) is 4.79 Å². The van der Waals surface area contributed by atoms with Crippen molar-refractivity contribution in [2.75, 3.05) is 24.6 Å². The number of fused-ring (bicyclic) bond motifs is 1. The average molecular weight is 455 g/mol. The quantitative estimate of drug-likeness (QED) is 0.688. The van der Waals surface area contributed by atoms with Crippen LogP contribution in [0.1, 0.15) is 45.1 Å². The van der Waals surface area contributed by atoms with E-state index in [1.165, 1.54) is 18.3 Å². The number of ether oxygens (including phenoxy) is 2. The molecular weight excluding hydrogens is 426 g/mol. The summed E-state index contributed by atoms with van der Waals surface area (Å²) in [5, 5.41) is 3.41. The van der Waals surface area contributed by atoms with Gasteiger partial charge in [0.1, 0.15) is 16.5 Å². The molecule has 2 aromatic rings. The Labute approximate surface area is 184 Å². The number of nitrogens with zero attached hydrogens (tertiary/aromatic N) is 3. The zero-order valence-electron chi connectivity index (χ0n) is 18.0. The van der Waals surface area contributed by atoms with E-state index in [0.29, 0.717) is 22.4 Å². The number of hydrogen-bond acceptors (Lipinski definition) is 7. The molecule has 0 bridgehead atoms. The lowest BCUT2D eigenvalue weighted by molar-refractivity contribution is -0.120. The summed E-state index contributed by atoms with van der Waals surface area (Å²) in [5.74, 6) is -2.12. The van der Waals surface area contributed by atoms with Gasteiger partial charge in [0.15, 0.2) is 5.13 Å². The number of carbonyl (C=O) groups excluding carboxylic acids is 1. The maximum atomic E-state index is 13.2. The van der Waals surface area contributed by atoms with Crippen molar-refractivity contribution in [3.8, 4) is 5.88 Å². The van der Waals surface area contributed by atoms with Crippen LogP contribution in [0, 0.1) is 6.92 Å². The van der Waals surface area contributed by atoms with Gasteiger partial charge in [-0.05, 0) is 45.1 Å². The number of anilines is 1. The van der Waals surface area contributed by atoms with Crippen LogP contribution in [0.5, 0.6) is 5.88 Å². The van der Waals surface area contributed by atoms with E-state index in [0.717, 1.165) is 36.8 Å². The van der Waals surface area contributed by atoms with Gasteiger partial charge in [0.25, 0.3) is 5.92 Å². The molecule has 4 rings (SSSR count). The average Bonchev–Trinajstić information content (AvgIpc) is 3.09. The SMILES string of the molecule is CC(=O)N[C@@H](C)COC1CCC(Oc2cc(C)c3nc(N4CC(F)(F)C4)sc3n2)CC1. The summed E-state index contributed by atoms with van der Waals surface area (Å²) in [6.07, 6.45) is 3.77. The monoisotopic (exact) mass is 454 g/mol. The number of carbonyl (C=O) groups is 1. The maximum Gasteiger partial charge on any atom is 0.282 e. The van der Waals surface area contributed by atoms with E-state index in [4.69, 9.17) is 9.47 Å². The largest absolute Gasteiger partial charge is 0.474 e. The fraction of sp³-hybridized carbons (Fsp3) is 0.667. The number of pyridine rings is 1. The lowest BCUT2D eigenvalue weighted by atomic mass is 9.95. The number of thiazole rings is 1. The molecule has 7 nitrogen and oxygen atoms in total. The highest BCUT2D eigenvalue weighted by Gasteiger charge is 2.45. The fourth-order valence-corrected chi connectivity index (χ4v) is 5.03. The van der Waals surface area contributed by atoms with Gasteiger partial charge in [-0.25, -0.2) is 18.7 Å². The Hall–Kier alpha value is -2.07. The summed E-state index contributed by atoms with van der Waals surface area (Å²) in [6, 6.07) is 1.87. The minimum absolute atomic E-state index is 0.00263. The van der Waals surface area contributed by atoms with Gasteiger partial charge in [0, 0.05) is 19.0 Å². The number of hydrogen-bond donors (Lipinski definition) is 1. The summed E-state index contributed by atoms with van der Waals surface area (Å²) < 4.78 is 38.4.